The van der Waals surface area contributed by atoms with Gasteiger partial charge in [-0.2, -0.15) is 0 Å². The Hall–Kier alpha value is -1.10. The zero-order valence-corrected chi connectivity index (χ0v) is 10.3. The first-order valence-electron chi connectivity index (χ1n) is 5.59. The standard InChI is InChI=1S/C11H19N3O2/c1-10(2)7-13(3)6-5-11(10)8(15)14(4)9(16)12-11/h5-7H2,1-4H3,(H,12,16). The van der Waals surface area contributed by atoms with E-state index in [1.54, 1.807) is 7.05 Å². The molecule has 0 saturated carbocycles. The number of nitrogens with zero attached hydrogens (tertiary/aromatic N) is 2. The smallest absolute Gasteiger partial charge is 0.322 e. The lowest BCUT2D eigenvalue weighted by atomic mass is 9.67. The lowest BCUT2D eigenvalue weighted by Gasteiger charge is -2.48. The Kier molecular flexibility index (Phi) is 2.28. The number of imide groups is 1. The zero-order valence-electron chi connectivity index (χ0n) is 10.3. The van der Waals surface area contributed by atoms with Crippen molar-refractivity contribution in [2.45, 2.75) is 25.8 Å². The Balaban J connectivity index is 2.38. The second-order valence-electron chi connectivity index (χ2n) is 5.57. The molecular weight excluding hydrogens is 206 g/mol. The summed E-state index contributed by atoms with van der Waals surface area (Å²) in [7, 11) is 3.58. The molecule has 0 aromatic carbocycles. The lowest BCUT2D eigenvalue weighted by Crippen LogP contribution is -2.65. The number of hydrogen-bond donors (Lipinski definition) is 1. The molecule has 0 aliphatic carbocycles. The molecule has 0 bridgehead atoms. The topological polar surface area (TPSA) is 52.7 Å². The minimum Gasteiger partial charge on any atom is -0.322 e. The van der Waals surface area contributed by atoms with Gasteiger partial charge in [0, 0.05) is 25.6 Å². The quantitative estimate of drug-likeness (QED) is 0.602. The second kappa shape index (κ2) is 3.20. The summed E-state index contributed by atoms with van der Waals surface area (Å²) in [6, 6.07) is -0.275. The minimum atomic E-state index is -0.703. The third-order valence-electron chi connectivity index (χ3n) is 3.98. The van der Waals surface area contributed by atoms with E-state index in [1.807, 2.05) is 20.9 Å². The fourth-order valence-corrected chi connectivity index (χ4v) is 2.91. The summed E-state index contributed by atoms with van der Waals surface area (Å²) in [5, 5.41) is 2.89. The van der Waals surface area contributed by atoms with Gasteiger partial charge in [-0.15, -0.1) is 0 Å². The van der Waals surface area contributed by atoms with Gasteiger partial charge in [0.2, 0.25) is 0 Å². The zero-order chi connectivity index (χ0) is 12.1. The van der Waals surface area contributed by atoms with E-state index in [9.17, 15) is 9.59 Å². The molecule has 3 amide bonds. The van der Waals surface area contributed by atoms with Crippen LogP contribution in [0.5, 0.6) is 0 Å². The van der Waals surface area contributed by atoms with Crippen molar-refractivity contribution in [3.63, 3.8) is 0 Å². The van der Waals surface area contributed by atoms with Gasteiger partial charge in [-0.05, 0) is 13.5 Å². The van der Waals surface area contributed by atoms with Crippen LogP contribution >= 0.6 is 0 Å². The number of carbonyl (C=O) groups excluding carboxylic acids is 2. The van der Waals surface area contributed by atoms with Gasteiger partial charge in [0.05, 0.1) is 0 Å². The van der Waals surface area contributed by atoms with E-state index < -0.39 is 5.54 Å². The molecule has 2 rings (SSSR count). The van der Waals surface area contributed by atoms with Gasteiger partial charge in [-0.3, -0.25) is 9.69 Å². The Labute approximate surface area is 95.8 Å². The highest BCUT2D eigenvalue weighted by Gasteiger charge is 2.60. The molecule has 1 spiro atoms. The maximum absolute atomic E-state index is 12.2. The number of piperidine rings is 1. The fraction of sp³-hybridized carbons (Fsp3) is 0.818. The summed E-state index contributed by atoms with van der Waals surface area (Å²) in [5.41, 5.74) is -0.942. The molecule has 0 aromatic heterocycles. The Morgan fingerprint density at radius 3 is 2.31 bits per heavy atom. The molecule has 1 atom stereocenters. The monoisotopic (exact) mass is 225 g/mol. The van der Waals surface area contributed by atoms with E-state index in [1.165, 1.54) is 4.90 Å². The molecule has 16 heavy (non-hydrogen) atoms. The van der Waals surface area contributed by atoms with E-state index >= 15 is 0 Å². The highest BCUT2D eigenvalue weighted by atomic mass is 16.2. The Morgan fingerprint density at radius 2 is 1.88 bits per heavy atom. The van der Waals surface area contributed by atoms with Crippen molar-refractivity contribution >= 4 is 11.9 Å². The summed E-state index contributed by atoms with van der Waals surface area (Å²) in [6.07, 6.45) is 0.686. The molecule has 0 aromatic rings. The van der Waals surface area contributed by atoms with Crippen LogP contribution in [0.15, 0.2) is 0 Å². The largest absolute Gasteiger partial charge is 0.324 e. The highest BCUT2D eigenvalue weighted by molar-refractivity contribution is 6.07. The van der Waals surface area contributed by atoms with Gasteiger partial charge in [-0.25, -0.2) is 4.79 Å². The van der Waals surface area contributed by atoms with Crippen molar-refractivity contribution in [1.29, 1.82) is 0 Å². The van der Waals surface area contributed by atoms with Crippen LogP contribution in [-0.4, -0.2) is 54.5 Å². The number of nitrogens with one attached hydrogen (secondary N) is 1. The fourth-order valence-electron chi connectivity index (χ4n) is 2.91. The molecule has 2 heterocycles. The summed E-state index contributed by atoms with van der Waals surface area (Å²) >= 11 is 0. The van der Waals surface area contributed by atoms with Crippen LogP contribution in [0.2, 0.25) is 0 Å². The van der Waals surface area contributed by atoms with E-state index in [4.69, 9.17) is 0 Å². The van der Waals surface area contributed by atoms with Crippen LogP contribution in [0.25, 0.3) is 0 Å². The van der Waals surface area contributed by atoms with Crippen LogP contribution in [0, 0.1) is 5.41 Å². The summed E-state index contributed by atoms with van der Waals surface area (Å²) in [6.45, 7) is 5.73. The van der Waals surface area contributed by atoms with Gasteiger partial charge in [0.1, 0.15) is 5.54 Å². The average molecular weight is 225 g/mol. The van der Waals surface area contributed by atoms with E-state index in [-0.39, 0.29) is 17.4 Å². The van der Waals surface area contributed by atoms with Gasteiger partial charge in [-0.1, -0.05) is 13.8 Å². The molecule has 2 saturated heterocycles. The van der Waals surface area contributed by atoms with Crippen molar-refractivity contribution in [3.8, 4) is 0 Å². The molecular formula is C11H19N3O2. The van der Waals surface area contributed by atoms with Crippen molar-refractivity contribution < 1.29 is 9.59 Å². The Morgan fingerprint density at radius 1 is 1.25 bits per heavy atom. The van der Waals surface area contributed by atoms with Gasteiger partial charge < -0.3 is 10.2 Å². The number of likely N-dealkylation sites (tertiary alicyclic amines) is 1. The second-order valence-corrected chi connectivity index (χ2v) is 5.57. The van der Waals surface area contributed by atoms with Gasteiger partial charge in [0.25, 0.3) is 5.91 Å². The third kappa shape index (κ3) is 1.27. The number of likely N-dealkylation sites (N-methyl/N-ethyl adjacent to an activating group) is 1. The SMILES string of the molecule is CN1CCC2(NC(=O)N(C)C2=O)C(C)(C)C1. The van der Waals surface area contributed by atoms with Gasteiger partial charge >= 0.3 is 6.03 Å². The Bertz CT molecular complexity index is 353. The third-order valence-corrected chi connectivity index (χ3v) is 3.98. The molecule has 1 unspecified atom stereocenters. The summed E-state index contributed by atoms with van der Waals surface area (Å²) in [4.78, 5) is 27.2. The van der Waals surface area contributed by atoms with Crippen LogP contribution in [-0.2, 0) is 4.79 Å². The number of urea groups is 1. The van der Waals surface area contributed by atoms with E-state index in [0.717, 1.165) is 13.1 Å². The van der Waals surface area contributed by atoms with Crippen molar-refractivity contribution in [1.82, 2.24) is 15.1 Å². The van der Waals surface area contributed by atoms with Crippen molar-refractivity contribution in [2.24, 2.45) is 5.41 Å². The summed E-state index contributed by atoms with van der Waals surface area (Å²) < 4.78 is 0. The normalized spacial score (nSPS) is 34.6. The van der Waals surface area contributed by atoms with Crippen molar-refractivity contribution in [2.75, 3.05) is 27.2 Å². The number of rotatable bonds is 0. The van der Waals surface area contributed by atoms with Crippen LogP contribution in [0.3, 0.4) is 0 Å². The molecule has 2 fully saturated rings. The molecule has 2 aliphatic heterocycles. The number of carbonyl (C=O) groups is 2. The van der Waals surface area contributed by atoms with Crippen molar-refractivity contribution in [3.05, 3.63) is 0 Å². The molecule has 5 heteroatoms. The number of amides is 3. The first kappa shape index (κ1) is 11.4. The number of hydrogen-bond acceptors (Lipinski definition) is 3. The maximum atomic E-state index is 12.2. The molecule has 90 valence electrons. The molecule has 0 radical (unpaired) electrons. The van der Waals surface area contributed by atoms with Gasteiger partial charge in [0.15, 0.2) is 0 Å². The minimum absolute atomic E-state index is 0.0874. The maximum Gasteiger partial charge on any atom is 0.324 e. The molecule has 2 aliphatic rings. The highest BCUT2D eigenvalue weighted by Crippen LogP contribution is 2.41. The van der Waals surface area contributed by atoms with Crippen LogP contribution < -0.4 is 5.32 Å². The average Bonchev–Trinajstić information content (AvgIpc) is 2.39. The van der Waals surface area contributed by atoms with E-state index in [0.29, 0.717) is 6.42 Å². The van der Waals surface area contributed by atoms with Crippen LogP contribution in [0.4, 0.5) is 4.79 Å². The first-order valence-corrected chi connectivity index (χ1v) is 5.59. The van der Waals surface area contributed by atoms with Crippen LogP contribution in [0.1, 0.15) is 20.3 Å². The first-order chi connectivity index (χ1) is 7.30. The predicted octanol–water partition coefficient (Wildman–Crippen LogP) is 0.268. The summed E-state index contributed by atoms with van der Waals surface area (Å²) in [5.74, 6) is -0.0874. The predicted molar refractivity (Wildman–Crippen MR) is 59.9 cm³/mol. The molecule has 5 nitrogen and oxygen atoms in total. The lowest BCUT2D eigenvalue weighted by molar-refractivity contribution is -0.137. The van der Waals surface area contributed by atoms with E-state index in [2.05, 4.69) is 10.2 Å². The molecule has 1 N–H and O–H groups in total.